The fourth-order valence-corrected chi connectivity index (χ4v) is 2.83. The minimum atomic E-state index is -0.345. The van der Waals surface area contributed by atoms with Crippen molar-refractivity contribution in [3.05, 3.63) is 41.5 Å². The molecule has 30 heavy (non-hydrogen) atoms. The molecular formula is C21H26N2O7. The Hall–Kier alpha value is -3.62. The average Bonchev–Trinajstić information content (AvgIpc) is 2.79. The monoisotopic (exact) mass is 418 g/mol. The number of para-hydroxylation sites is 1. The molecular weight excluding hydrogens is 392 g/mol. The lowest BCUT2D eigenvalue weighted by Crippen LogP contribution is -2.34. The number of rotatable bonds is 10. The van der Waals surface area contributed by atoms with Gasteiger partial charge in [-0.25, -0.2) is 0 Å². The SMILES string of the molecule is COc1cc(C(=O)NCCNC(=O)c2cccc(OC)c2OC)cc(OC)c1OC. The summed E-state index contributed by atoms with van der Waals surface area (Å²) in [6.07, 6.45) is 0. The van der Waals surface area contributed by atoms with Crippen molar-refractivity contribution in [1.29, 1.82) is 0 Å². The van der Waals surface area contributed by atoms with E-state index >= 15 is 0 Å². The number of carbonyl (C=O) groups excluding carboxylic acids is 2. The molecule has 0 aliphatic rings. The fourth-order valence-electron chi connectivity index (χ4n) is 2.83. The van der Waals surface area contributed by atoms with Gasteiger partial charge in [0.05, 0.1) is 41.1 Å². The van der Waals surface area contributed by atoms with Gasteiger partial charge in [-0.15, -0.1) is 0 Å². The number of hydrogen-bond acceptors (Lipinski definition) is 7. The molecule has 0 radical (unpaired) electrons. The van der Waals surface area contributed by atoms with E-state index in [0.717, 1.165) is 0 Å². The Morgan fingerprint density at radius 2 is 1.23 bits per heavy atom. The Bertz CT molecular complexity index is 874. The van der Waals surface area contributed by atoms with Crippen LogP contribution in [0.15, 0.2) is 30.3 Å². The molecule has 2 aromatic carbocycles. The smallest absolute Gasteiger partial charge is 0.255 e. The van der Waals surface area contributed by atoms with Gasteiger partial charge in [0, 0.05) is 18.7 Å². The summed E-state index contributed by atoms with van der Waals surface area (Å²) in [5.74, 6) is 1.27. The number of nitrogens with one attached hydrogen (secondary N) is 2. The summed E-state index contributed by atoms with van der Waals surface area (Å²) in [4.78, 5) is 24.9. The van der Waals surface area contributed by atoms with Gasteiger partial charge < -0.3 is 34.3 Å². The maximum absolute atomic E-state index is 12.5. The standard InChI is InChI=1S/C21H26N2O7/c1-26-15-8-6-7-14(18(15)29-4)21(25)23-10-9-22-20(24)13-11-16(27-2)19(30-5)17(12-13)28-3/h6-8,11-12H,9-10H2,1-5H3,(H,22,24)(H,23,25). The highest BCUT2D eigenvalue weighted by Gasteiger charge is 2.18. The highest BCUT2D eigenvalue weighted by Crippen LogP contribution is 2.38. The zero-order valence-corrected chi connectivity index (χ0v) is 17.7. The van der Waals surface area contributed by atoms with Crippen molar-refractivity contribution in [2.24, 2.45) is 0 Å². The van der Waals surface area contributed by atoms with Crippen LogP contribution in [0.1, 0.15) is 20.7 Å². The molecule has 0 atom stereocenters. The van der Waals surface area contributed by atoms with Crippen molar-refractivity contribution < 1.29 is 33.3 Å². The first-order chi connectivity index (χ1) is 14.5. The van der Waals surface area contributed by atoms with E-state index in [0.29, 0.717) is 39.9 Å². The first-order valence-corrected chi connectivity index (χ1v) is 9.08. The predicted octanol–water partition coefficient (Wildman–Crippen LogP) is 1.89. The molecule has 0 saturated heterocycles. The van der Waals surface area contributed by atoms with Crippen LogP contribution >= 0.6 is 0 Å². The average molecular weight is 418 g/mol. The molecule has 0 aliphatic carbocycles. The van der Waals surface area contributed by atoms with E-state index in [1.807, 2.05) is 0 Å². The molecule has 162 valence electrons. The van der Waals surface area contributed by atoms with Crippen LogP contribution in [0.4, 0.5) is 0 Å². The number of amides is 2. The maximum atomic E-state index is 12.5. The molecule has 2 aromatic rings. The van der Waals surface area contributed by atoms with Gasteiger partial charge in [-0.2, -0.15) is 0 Å². The molecule has 9 heteroatoms. The van der Waals surface area contributed by atoms with Crippen molar-refractivity contribution in [2.75, 3.05) is 48.6 Å². The second kappa shape index (κ2) is 10.8. The lowest BCUT2D eigenvalue weighted by Gasteiger charge is -2.14. The maximum Gasteiger partial charge on any atom is 0.255 e. The summed E-state index contributed by atoms with van der Waals surface area (Å²) in [7, 11) is 7.40. The minimum Gasteiger partial charge on any atom is -0.493 e. The lowest BCUT2D eigenvalue weighted by atomic mass is 10.1. The highest BCUT2D eigenvalue weighted by atomic mass is 16.5. The van der Waals surface area contributed by atoms with Gasteiger partial charge >= 0.3 is 0 Å². The number of ether oxygens (including phenoxy) is 5. The largest absolute Gasteiger partial charge is 0.493 e. The summed E-state index contributed by atoms with van der Waals surface area (Å²) < 4.78 is 26.2. The number of carbonyl (C=O) groups is 2. The Morgan fingerprint density at radius 3 is 1.73 bits per heavy atom. The van der Waals surface area contributed by atoms with Crippen molar-refractivity contribution in [3.63, 3.8) is 0 Å². The van der Waals surface area contributed by atoms with Crippen molar-refractivity contribution >= 4 is 11.8 Å². The van der Waals surface area contributed by atoms with E-state index in [-0.39, 0.29) is 24.9 Å². The highest BCUT2D eigenvalue weighted by molar-refractivity contribution is 5.98. The van der Waals surface area contributed by atoms with Crippen LogP contribution in [0.25, 0.3) is 0 Å². The second-order valence-corrected chi connectivity index (χ2v) is 5.97. The summed E-state index contributed by atoms with van der Waals surface area (Å²) in [5, 5.41) is 5.47. The molecule has 0 spiro atoms. The third-order valence-electron chi connectivity index (χ3n) is 4.27. The Balaban J connectivity index is 1.98. The molecule has 2 rings (SSSR count). The van der Waals surface area contributed by atoms with Crippen LogP contribution in [0.3, 0.4) is 0 Å². The minimum absolute atomic E-state index is 0.216. The van der Waals surface area contributed by atoms with Crippen LogP contribution in [0.2, 0.25) is 0 Å². The molecule has 0 fully saturated rings. The van der Waals surface area contributed by atoms with Gasteiger partial charge in [0.15, 0.2) is 23.0 Å². The lowest BCUT2D eigenvalue weighted by molar-refractivity contribution is 0.0925. The van der Waals surface area contributed by atoms with Crippen LogP contribution in [0.5, 0.6) is 28.7 Å². The van der Waals surface area contributed by atoms with E-state index in [9.17, 15) is 9.59 Å². The Labute approximate surface area is 175 Å². The predicted molar refractivity (Wildman–Crippen MR) is 110 cm³/mol. The molecule has 9 nitrogen and oxygen atoms in total. The van der Waals surface area contributed by atoms with E-state index in [1.54, 1.807) is 30.3 Å². The molecule has 0 bridgehead atoms. The first-order valence-electron chi connectivity index (χ1n) is 9.08. The summed E-state index contributed by atoms with van der Waals surface area (Å²) in [5.41, 5.74) is 0.679. The van der Waals surface area contributed by atoms with Crippen LogP contribution in [-0.2, 0) is 0 Å². The summed E-state index contributed by atoms with van der Waals surface area (Å²) >= 11 is 0. The molecule has 0 heterocycles. The zero-order chi connectivity index (χ0) is 22.1. The topological polar surface area (TPSA) is 104 Å². The van der Waals surface area contributed by atoms with E-state index in [2.05, 4.69) is 10.6 Å². The quantitative estimate of drug-likeness (QED) is 0.568. The fraction of sp³-hybridized carbons (Fsp3) is 0.333. The molecule has 0 saturated carbocycles. The third kappa shape index (κ3) is 5.05. The van der Waals surface area contributed by atoms with Gasteiger partial charge in [0.2, 0.25) is 5.75 Å². The number of benzene rings is 2. The van der Waals surface area contributed by atoms with E-state index < -0.39 is 0 Å². The zero-order valence-electron chi connectivity index (χ0n) is 17.7. The van der Waals surface area contributed by atoms with Crippen molar-refractivity contribution in [3.8, 4) is 28.7 Å². The van der Waals surface area contributed by atoms with E-state index in [4.69, 9.17) is 23.7 Å². The van der Waals surface area contributed by atoms with Crippen molar-refractivity contribution in [2.45, 2.75) is 0 Å². The Morgan fingerprint density at radius 1 is 0.700 bits per heavy atom. The van der Waals surface area contributed by atoms with Gasteiger partial charge in [-0.05, 0) is 24.3 Å². The summed E-state index contributed by atoms with van der Waals surface area (Å²) in [6, 6.07) is 8.13. The number of methoxy groups -OCH3 is 5. The van der Waals surface area contributed by atoms with Gasteiger partial charge in [-0.3, -0.25) is 9.59 Å². The second-order valence-electron chi connectivity index (χ2n) is 5.97. The first kappa shape index (κ1) is 22.7. The van der Waals surface area contributed by atoms with Crippen LogP contribution < -0.4 is 34.3 Å². The molecule has 2 amide bonds. The number of hydrogen-bond donors (Lipinski definition) is 2. The van der Waals surface area contributed by atoms with Crippen LogP contribution in [0, 0.1) is 0 Å². The van der Waals surface area contributed by atoms with E-state index in [1.165, 1.54) is 35.5 Å². The molecule has 0 aromatic heterocycles. The Kier molecular flexibility index (Phi) is 8.16. The summed E-state index contributed by atoms with van der Waals surface area (Å²) in [6.45, 7) is 0.433. The molecule has 0 aliphatic heterocycles. The van der Waals surface area contributed by atoms with Gasteiger partial charge in [0.25, 0.3) is 11.8 Å². The third-order valence-corrected chi connectivity index (χ3v) is 4.27. The normalized spacial score (nSPS) is 10.0. The van der Waals surface area contributed by atoms with Gasteiger partial charge in [-0.1, -0.05) is 6.07 Å². The van der Waals surface area contributed by atoms with Gasteiger partial charge in [0.1, 0.15) is 0 Å². The van der Waals surface area contributed by atoms with Crippen molar-refractivity contribution in [1.82, 2.24) is 10.6 Å². The molecule has 0 unspecified atom stereocenters. The van der Waals surface area contributed by atoms with Crippen LogP contribution in [-0.4, -0.2) is 60.5 Å². The molecule has 2 N–H and O–H groups in total.